The van der Waals surface area contributed by atoms with Crippen molar-refractivity contribution in [3.63, 3.8) is 0 Å². The zero-order chi connectivity index (χ0) is 26.5. The summed E-state index contributed by atoms with van der Waals surface area (Å²) in [5.41, 5.74) is 5.49. The van der Waals surface area contributed by atoms with Crippen LogP contribution in [-0.2, 0) is 4.79 Å². The Morgan fingerprint density at radius 3 is 2.56 bits per heavy atom. The summed E-state index contributed by atoms with van der Waals surface area (Å²) in [4.78, 5) is 27.8. The van der Waals surface area contributed by atoms with Crippen LogP contribution in [0.4, 0.5) is 17.6 Å². The molecule has 3 aromatic rings. The maximum atomic E-state index is 14.6. The van der Waals surface area contributed by atoms with Crippen molar-refractivity contribution in [3.8, 4) is 22.9 Å². The van der Waals surface area contributed by atoms with Gasteiger partial charge in [0.25, 0.3) is 5.91 Å². The van der Waals surface area contributed by atoms with E-state index in [1.807, 2.05) is 0 Å². The molecule has 0 saturated heterocycles. The number of primary amides is 1. The minimum absolute atomic E-state index is 0.201. The van der Waals surface area contributed by atoms with Crippen LogP contribution >= 0.6 is 11.5 Å². The van der Waals surface area contributed by atoms with Crippen LogP contribution in [0.5, 0.6) is 11.6 Å². The van der Waals surface area contributed by atoms with Gasteiger partial charge in [0.1, 0.15) is 23.7 Å². The molecule has 4 N–H and O–H groups in total. The predicted octanol–water partition coefficient (Wildman–Crippen LogP) is 3.00. The summed E-state index contributed by atoms with van der Waals surface area (Å²) in [5, 5.41) is 11.2. The number of nitrogens with two attached hydrogens (primary N) is 1. The Morgan fingerprint density at radius 1 is 1.22 bits per heavy atom. The number of nitrogens with one attached hydrogen (secondary N) is 1. The third-order valence-electron chi connectivity index (χ3n) is 4.68. The average molecular weight is 528 g/mol. The lowest BCUT2D eigenvalue weighted by Crippen LogP contribution is -2.47. The maximum Gasteiger partial charge on any atom is 0.422 e. The van der Waals surface area contributed by atoms with E-state index in [2.05, 4.69) is 19.4 Å². The zero-order valence-electron chi connectivity index (χ0n) is 18.6. The molecule has 0 radical (unpaired) electrons. The van der Waals surface area contributed by atoms with Gasteiger partial charge in [0.15, 0.2) is 6.61 Å². The number of hydrogen-bond acceptors (Lipinski definition) is 8. The van der Waals surface area contributed by atoms with Crippen LogP contribution in [0, 0.1) is 5.82 Å². The van der Waals surface area contributed by atoms with Gasteiger partial charge in [-0.15, -0.1) is 0 Å². The average Bonchev–Trinajstić information content (AvgIpc) is 3.32. The van der Waals surface area contributed by atoms with Crippen LogP contribution in [0.25, 0.3) is 11.3 Å². The van der Waals surface area contributed by atoms with E-state index in [9.17, 15) is 27.2 Å². The number of aliphatic hydroxyl groups is 1. The number of nitrogens with zero attached hydrogens (tertiary/aromatic N) is 2. The quantitative estimate of drug-likeness (QED) is 0.344. The molecule has 9 nitrogen and oxygen atoms in total. The summed E-state index contributed by atoms with van der Waals surface area (Å²) in [6.45, 7) is -0.465. The second-order valence-electron chi connectivity index (χ2n) is 7.42. The maximum absolute atomic E-state index is 14.6. The van der Waals surface area contributed by atoms with Crippen molar-refractivity contribution in [1.82, 2.24) is 14.7 Å². The summed E-state index contributed by atoms with van der Waals surface area (Å²) in [7, 11) is 0. The molecule has 0 fully saturated rings. The van der Waals surface area contributed by atoms with E-state index < -0.39 is 49.2 Å². The van der Waals surface area contributed by atoms with Crippen molar-refractivity contribution in [1.29, 1.82) is 0 Å². The second-order valence-corrected chi connectivity index (χ2v) is 8.25. The normalized spacial score (nSPS) is 13.1. The third-order valence-corrected chi connectivity index (χ3v) is 5.62. The standard InChI is InChI=1S/C22H20F4N4O5S/c1-11(35-13-3-5-19(28-8-13)34-10-22(24,25)26)18-7-16(30-36-18)12-2-4-14(15(23)6-12)21(33)29-17(9-31)20(27)32/h2-8,11,17,31H,9-10H2,1H3,(H2,27,32)(H,29,33)/t11?,17-/m0/s1. The minimum atomic E-state index is -4.47. The molecule has 36 heavy (non-hydrogen) atoms. The molecule has 1 aromatic carbocycles. The fraction of sp³-hybridized carbons (Fsp3) is 0.273. The fourth-order valence-electron chi connectivity index (χ4n) is 2.86. The van der Waals surface area contributed by atoms with Crippen molar-refractivity contribution < 1.29 is 41.7 Å². The Morgan fingerprint density at radius 2 is 1.97 bits per heavy atom. The SMILES string of the molecule is CC(Oc1ccc(OCC(F)(F)F)nc1)c1cc(-c2ccc(C(=O)N[C@@H](CO)C(N)=O)c(F)c2)ns1. The number of hydrogen-bond donors (Lipinski definition) is 3. The molecule has 0 aliphatic heterocycles. The highest BCUT2D eigenvalue weighted by Crippen LogP contribution is 2.30. The van der Waals surface area contributed by atoms with E-state index in [1.54, 1.807) is 13.0 Å². The van der Waals surface area contributed by atoms with Gasteiger partial charge in [0.05, 0.1) is 28.9 Å². The molecule has 3 rings (SSSR count). The number of carbonyl (C=O) groups excluding carboxylic acids is 2. The van der Waals surface area contributed by atoms with Crippen molar-refractivity contribution in [2.24, 2.45) is 5.73 Å². The molecule has 1 unspecified atom stereocenters. The summed E-state index contributed by atoms with van der Waals surface area (Å²) < 4.78 is 65.8. The second kappa shape index (κ2) is 11.3. The summed E-state index contributed by atoms with van der Waals surface area (Å²) in [6, 6.07) is 6.74. The first-order chi connectivity index (χ1) is 17.0. The Balaban J connectivity index is 1.65. The first-order valence-corrected chi connectivity index (χ1v) is 11.0. The van der Waals surface area contributed by atoms with Crippen molar-refractivity contribution in [2.45, 2.75) is 25.2 Å². The molecule has 2 aromatic heterocycles. The van der Waals surface area contributed by atoms with Gasteiger partial charge < -0.3 is 25.6 Å². The molecule has 0 saturated carbocycles. The van der Waals surface area contributed by atoms with Crippen molar-refractivity contribution in [3.05, 3.63) is 58.9 Å². The lowest BCUT2D eigenvalue weighted by molar-refractivity contribution is -0.154. The van der Waals surface area contributed by atoms with Crippen molar-refractivity contribution >= 4 is 23.3 Å². The van der Waals surface area contributed by atoms with Crippen LogP contribution in [0.2, 0.25) is 0 Å². The molecule has 0 aliphatic rings. The number of alkyl halides is 3. The Labute approximate surface area is 206 Å². The molecule has 0 spiro atoms. The number of aromatic nitrogens is 2. The summed E-state index contributed by atoms with van der Waals surface area (Å²) in [5.74, 6) is -2.66. The Bertz CT molecular complexity index is 1220. The monoisotopic (exact) mass is 528 g/mol. The summed E-state index contributed by atoms with van der Waals surface area (Å²) >= 11 is 1.09. The Hall–Kier alpha value is -3.78. The topological polar surface area (TPSA) is 137 Å². The zero-order valence-corrected chi connectivity index (χ0v) is 19.4. The number of halogens is 4. The van der Waals surface area contributed by atoms with Gasteiger partial charge in [0.2, 0.25) is 11.8 Å². The number of amides is 2. The third kappa shape index (κ3) is 7.11. The smallest absolute Gasteiger partial charge is 0.422 e. The van der Waals surface area contributed by atoms with E-state index in [4.69, 9.17) is 15.6 Å². The van der Waals surface area contributed by atoms with Crippen LogP contribution in [-0.4, -0.2) is 51.7 Å². The molecule has 192 valence electrons. The van der Waals surface area contributed by atoms with Gasteiger partial charge >= 0.3 is 6.18 Å². The van der Waals surface area contributed by atoms with Gasteiger partial charge in [-0.25, -0.2) is 9.37 Å². The molecule has 2 atom stereocenters. The van der Waals surface area contributed by atoms with Gasteiger partial charge in [-0.2, -0.15) is 17.5 Å². The number of benzene rings is 1. The summed E-state index contributed by atoms with van der Waals surface area (Å²) in [6.07, 6.45) is -3.76. The number of ether oxygens (including phenoxy) is 2. The van der Waals surface area contributed by atoms with Gasteiger partial charge in [-0.1, -0.05) is 6.07 Å². The van der Waals surface area contributed by atoms with E-state index in [-0.39, 0.29) is 17.2 Å². The number of carbonyl (C=O) groups is 2. The van der Waals surface area contributed by atoms with Gasteiger partial charge in [-0.3, -0.25) is 9.59 Å². The molecular formula is C22H20F4N4O5S. The van der Waals surface area contributed by atoms with Crippen LogP contribution < -0.4 is 20.5 Å². The highest BCUT2D eigenvalue weighted by atomic mass is 32.1. The molecule has 0 bridgehead atoms. The predicted molar refractivity (Wildman–Crippen MR) is 120 cm³/mol. The Kier molecular flexibility index (Phi) is 8.42. The molecular weight excluding hydrogens is 508 g/mol. The number of rotatable bonds is 10. The van der Waals surface area contributed by atoms with E-state index in [0.717, 1.165) is 17.6 Å². The highest BCUT2D eigenvalue weighted by Gasteiger charge is 2.28. The van der Waals surface area contributed by atoms with E-state index >= 15 is 0 Å². The largest absolute Gasteiger partial charge is 0.484 e. The highest BCUT2D eigenvalue weighted by molar-refractivity contribution is 7.06. The van der Waals surface area contributed by atoms with Gasteiger partial charge in [-0.05, 0) is 42.7 Å². The molecule has 2 heterocycles. The minimum Gasteiger partial charge on any atom is -0.484 e. The van der Waals surface area contributed by atoms with Gasteiger partial charge in [0, 0.05) is 11.6 Å². The van der Waals surface area contributed by atoms with E-state index in [0.29, 0.717) is 16.1 Å². The molecule has 14 heteroatoms. The first kappa shape index (κ1) is 26.8. The molecule has 0 aliphatic carbocycles. The fourth-order valence-corrected chi connectivity index (χ4v) is 3.58. The van der Waals surface area contributed by atoms with Crippen molar-refractivity contribution in [2.75, 3.05) is 13.2 Å². The van der Waals surface area contributed by atoms with Crippen LogP contribution in [0.1, 0.15) is 28.3 Å². The van der Waals surface area contributed by atoms with Crippen LogP contribution in [0.3, 0.4) is 0 Å². The number of aliphatic hydroxyl groups excluding tert-OH is 1. The lowest BCUT2D eigenvalue weighted by Gasteiger charge is -2.13. The first-order valence-electron chi connectivity index (χ1n) is 10.3. The lowest BCUT2D eigenvalue weighted by atomic mass is 10.1. The van der Waals surface area contributed by atoms with E-state index in [1.165, 1.54) is 30.5 Å². The number of pyridine rings is 1. The molecule has 2 amide bonds. The van der Waals surface area contributed by atoms with Crippen LogP contribution in [0.15, 0.2) is 42.6 Å².